The highest BCUT2D eigenvalue weighted by molar-refractivity contribution is 5.97. The van der Waals surface area contributed by atoms with E-state index in [1.54, 1.807) is 0 Å². The maximum Gasteiger partial charge on any atom is 0.331 e. The molecule has 0 radical (unpaired) electrons. The molecule has 2 rings (SSSR count). The van der Waals surface area contributed by atoms with E-state index in [1.807, 2.05) is 30.5 Å². The summed E-state index contributed by atoms with van der Waals surface area (Å²) in [4.78, 5) is 25.3. The Bertz CT molecular complexity index is 671. The molecule has 0 fully saturated rings. The second kappa shape index (κ2) is 6.06. The van der Waals surface area contributed by atoms with Crippen LogP contribution in [0.2, 0.25) is 0 Å². The summed E-state index contributed by atoms with van der Waals surface area (Å²) in [7, 11) is 0. The molecule has 1 heterocycles. The summed E-state index contributed by atoms with van der Waals surface area (Å²) in [6, 6.07) is 7.95. The van der Waals surface area contributed by atoms with Crippen molar-refractivity contribution in [1.82, 2.24) is 10.3 Å². The average molecular weight is 272 g/mol. The molecule has 1 aromatic heterocycles. The molecule has 0 aliphatic heterocycles. The van der Waals surface area contributed by atoms with Gasteiger partial charge in [0.05, 0.1) is 0 Å². The van der Waals surface area contributed by atoms with Gasteiger partial charge in [0.2, 0.25) is 5.91 Å². The van der Waals surface area contributed by atoms with Crippen LogP contribution in [0.15, 0.2) is 42.1 Å². The van der Waals surface area contributed by atoms with Crippen LogP contribution in [-0.2, 0) is 16.0 Å². The summed E-state index contributed by atoms with van der Waals surface area (Å²) in [5.74, 6) is -1.47. The first-order chi connectivity index (χ1) is 9.58. The number of aromatic amines is 1. The molecule has 1 aromatic carbocycles. The number of aliphatic carboxylic acids is 1. The summed E-state index contributed by atoms with van der Waals surface area (Å²) in [5, 5.41) is 12.5. The van der Waals surface area contributed by atoms with Crippen LogP contribution in [0.4, 0.5) is 0 Å². The Morgan fingerprint density at radius 3 is 2.85 bits per heavy atom. The Balaban J connectivity index is 1.92. The molecule has 5 heteroatoms. The second-order valence-corrected chi connectivity index (χ2v) is 4.53. The van der Waals surface area contributed by atoms with Crippen LogP contribution in [0, 0.1) is 0 Å². The SMILES string of the molecule is C/C(=C\C(=O)NCCc1c[nH]c2ccccc12)C(=O)O. The van der Waals surface area contributed by atoms with Gasteiger partial charge in [0.1, 0.15) is 0 Å². The van der Waals surface area contributed by atoms with Crippen molar-refractivity contribution in [3.05, 3.63) is 47.7 Å². The molecule has 0 bridgehead atoms. The molecule has 0 aliphatic rings. The van der Waals surface area contributed by atoms with Gasteiger partial charge in [0.25, 0.3) is 0 Å². The van der Waals surface area contributed by atoms with Gasteiger partial charge in [0, 0.05) is 35.3 Å². The smallest absolute Gasteiger partial charge is 0.331 e. The van der Waals surface area contributed by atoms with E-state index in [0.29, 0.717) is 13.0 Å². The van der Waals surface area contributed by atoms with Gasteiger partial charge < -0.3 is 15.4 Å². The summed E-state index contributed by atoms with van der Waals surface area (Å²) in [5.41, 5.74) is 2.21. The van der Waals surface area contributed by atoms with Crippen molar-refractivity contribution < 1.29 is 14.7 Å². The highest BCUT2D eigenvalue weighted by Gasteiger charge is 2.05. The number of para-hydroxylation sites is 1. The predicted molar refractivity (Wildman–Crippen MR) is 76.4 cm³/mol. The number of hydrogen-bond acceptors (Lipinski definition) is 2. The fourth-order valence-corrected chi connectivity index (χ4v) is 1.97. The highest BCUT2D eigenvalue weighted by atomic mass is 16.4. The molecule has 0 saturated carbocycles. The lowest BCUT2D eigenvalue weighted by atomic mass is 10.1. The number of rotatable bonds is 5. The number of carboxylic acids is 1. The van der Waals surface area contributed by atoms with Crippen LogP contribution >= 0.6 is 0 Å². The van der Waals surface area contributed by atoms with Gasteiger partial charge in [-0.15, -0.1) is 0 Å². The largest absolute Gasteiger partial charge is 0.478 e. The van der Waals surface area contributed by atoms with E-state index in [9.17, 15) is 9.59 Å². The molecule has 0 aliphatic carbocycles. The van der Waals surface area contributed by atoms with Gasteiger partial charge >= 0.3 is 5.97 Å². The lowest BCUT2D eigenvalue weighted by Crippen LogP contribution is -2.24. The van der Waals surface area contributed by atoms with Gasteiger partial charge in [-0.3, -0.25) is 4.79 Å². The van der Waals surface area contributed by atoms with E-state index in [1.165, 1.54) is 6.92 Å². The lowest BCUT2D eigenvalue weighted by molar-refractivity contribution is -0.133. The van der Waals surface area contributed by atoms with E-state index in [0.717, 1.165) is 22.5 Å². The third-order valence-corrected chi connectivity index (χ3v) is 3.05. The van der Waals surface area contributed by atoms with E-state index in [4.69, 9.17) is 5.11 Å². The minimum Gasteiger partial charge on any atom is -0.478 e. The molecule has 2 aromatic rings. The summed E-state index contributed by atoms with van der Waals surface area (Å²) >= 11 is 0. The average Bonchev–Trinajstić information content (AvgIpc) is 2.82. The molecule has 0 unspecified atom stereocenters. The minimum atomic E-state index is -1.09. The van der Waals surface area contributed by atoms with Crippen molar-refractivity contribution >= 4 is 22.8 Å². The van der Waals surface area contributed by atoms with Gasteiger partial charge in [-0.2, -0.15) is 0 Å². The Morgan fingerprint density at radius 1 is 1.35 bits per heavy atom. The molecule has 0 saturated heterocycles. The molecule has 1 amide bonds. The number of carboxylic acid groups (broad SMARTS) is 1. The third kappa shape index (κ3) is 3.26. The minimum absolute atomic E-state index is 0.0228. The van der Waals surface area contributed by atoms with Gasteiger partial charge in [0.15, 0.2) is 0 Å². The number of hydrogen-bond donors (Lipinski definition) is 3. The van der Waals surface area contributed by atoms with Crippen LogP contribution in [0.25, 0.3) is 10.9 Å². The lowest BCUT2D eigenvalue weighted by Gasteiger charge is -2.02. The van der Waals surface area contributed by atoms with Gasteiger partial charge in [-0.05, 0) is 25.0 Å². The Morgan fingerprint density at radius 2 is 2.10 bits per heavy atom. The van der Waals surface area contributed by atoms with E-state index in [-0.39, 0.29) is 11.5 Å². The van der Waals surface area contributed by atoms with Crippen molar-refractivity contribution in [1.29, 1.82) is 0 Å². The van der Waals surface area contributed by atoms with Crippen LogP contribution in [0.5, 0.6) is 0 Å². The first-order valence-electron chi connectivity index (χ1n) is 6.32. The number of fused-ring (bicyclic) bond motifs is 1. The fraction of sp³-hybridized carbons (Fsp3) is 0.200. The fourth-order valence-electron chi connectivity index (χ4n) is 1.97. The summed E-state index contributed by atoms with van der Waals surface area (Å²) in [6.07, 6.45) is 3.71. The molecule has 0 spiro atoms. The Labute approximate surface area is 116 Å². The van der Waals surface area contributed by atoms with E-state index >= 15 is 0 Å². The number of aromatic nitrogens is 1. The van der Waals surface area contributed by atoms with Crippen LogP contribution in [-0.4, -0.2) is 28.5 Å². The molecule has 20 heavy (non-hydrogen) atoms. The molecule has 104 valence electrons. The number of H-pyrrole nitrogens is 1. The number of amides is 1. The van der Waals surface area contributed by atoms with Gasteiger partial charge in [-0.25, -0.2) is 4.79 Å². The van der Waals surface area contributed by atoms with Crippen molar-refractivity contribution in [2.45, 2.75) is 13.3 Å². The quantitative estimate of drug-likeness (QED) is 0.726. The Kier molecular flexibility index (Phi) is 4.20. The van der Waals surface area contributed by atoms with Crippen LogP contribution < -0.4 is 5.32 Å². The third-order valence-electron chi connectivity index (χ3n) is 3.05. The zero-order valence-corrected chi connectivity index (χ0v) is 11.1. The Hall–Kier alpha value is -2.56. The van der Waals surface area contributed by atoms with Crippen molar-refractivity contribution in [3.8, 4) is 0 Å². The van der Waals surface area contributed by atoms with Crippen molar-refractivity contribution in [2.75, 3.05) is 6.54 Å². The van der Waals surface area contributed by atoms with E-state index < -0.39 is 5.97 Å². The zero-order valence-electron chi connectivity index (χ0n) is 11.1. The topological polar surface area (TPSA) is 82.2 Å². The molecule has 0 atom stereocenters. The number of carbonyl (C=O) groups is 2. The zero-order chi connectivity index (χ0) is 14.5. The predicted octanol–water partition coefficient (Wildman–Crippen LogP) is 1.86. The normalized spacial score (nSPS) is 11.6. The number of nitrogens with one attached hydrogen (secondary N) is 2. The number of benzene rings is 1. The molecule has 3 N–H and O–H groups in total. The first-order valence-corrected chi connectivity index (χ1v) is 6.32. The number of carbonyl (C=O) groups excluding carboxylic acids is 1. The monoisotopic (exact) mass is 272 g/mol. The van der Waals surface area contributed by atoms with Crippen molar-refractivity contribution in [2.24, 2.45) is 0 Å². The molecular formula is C15H16N2O3. The standard InChI is InChI=1S/C15H16N2O3/c1-10(15(19)20)8-14(18)16-7-6-11-9-17-13-5-3-2-4-12(11)13/h2-5,8-9,17H,6-7H2,1H3,(H,16,18)(H,19,20)/b10-8+. The van der Waals surface area contributed by atoms with Crippen LogP contribution in [0.1, 0.15) is 12.5 Å². The maximum absolute atomic E-state index is 11.5. The van der Waals surface area contributed by atoms with Crippen molar-refractivity contribution in [3.63, 3.8) is 0 Å². The summed E-state index contributed by atoms with van der Waals surface area (Å²) in [6.45, 7) is 1.85. The molecular weight excluding hydrogens is 256 g/mol. The van der Waals surface area contributed by atoms with E-state index in [2.05, 4.69) is 10.3 Å². The maximum atomic E-state index is 11.5. The highest BCUT2D eigenvalue weighted by Crippen LogP contribution is 2.17. The second-order valence-electron chi connectivity index (χ2n) is 4.53. The first kappa shape index (κ1) is 13.9. The summed E-state index contributed by atoms with van der Waals surface area (Å²) < 4.78 is 0. The molecule has 5 nitrogen and oxygen atoms in total. The van der Waals surface area contributed by atoms with Gasteiger partial charge in [-0.1, -0.05) is 18.2 Å². The van der Waals surface area contributed by atoms with Crippen LogP contribution in [0.3, 0.4) is 0 Å².